The number of benzene rings is 2. The molecule has 0 radical (unpaired) electrons. The minimum atomic E-state index is -0.0564. The molecular weight excluding hydrogens is 398 g/mol. The third-order valence-corrected chi connectivity index (χ3v) is 5.53. The Bertz CT molecular complexity index is 1040. The monoisotopic (exact) mass is 413 g/mol. The first-order valence-electron chi connectivity index (χ1n) is 8.72. The van der Waals surface area contributed by atoms with Gasteiger partial charge in [-0.2, -0.15) is 4.68 Å². The van der Waals surface area contributed by atoms with Crippen LogP contribution in [0.5, 0.6) is 0 Å². The van der Waals surface area contributed by atoms with Crippen LogP contribution in [0.3, 0.4) is 0 Å². The zero-order valence-corrected chi connectivity index (χ0v) is 16.4. The zero-order chi connectivity index (χ0) is 19.5. The van der Waals surface area contributed by atoms with Gasteiger partial charge in [-0.25, -0.2) is 0 Å². The zero-order valence-electron chi connectivity index (χ0n) is 14.8. The highest BCUT2D eigenvalue weighted by Crippen LogP contribution is 2.24. The van der Waals surface area contributed by atoms with Gasteiger partial charge in [-0.05, 0) is 47.2 Å². The molecule has 0 spiro atoms. The molecule has 1 saturated heterocycles. The van der Waals surface area contributed by atoms with Crippen molar-refractivity contribution in [2.45, 2.75) is 18.0 Å². The van der Waals surface area contributed by atoms with Crippen molar-refractivity contribution in [2.24, 2.45) is 0 Å². The number of anilines is 1. The molecule has 1 aromatic heterocycles. The summed E-state index contributed by atoms with van der Waals surface area (Å²) in [5, 5.41) is 12.7. The van der Waals surface area contributed by atoms with E-state index in [-0.39, 0.29) is 17.4 Å². The van der Waals surface area contributed by atoms with Crippen molar-refractivity contribution in [3.05, 3.63) is 59.1 Å². The van der Waals surface area contributed by atoms with Crippen molar-refractivity contribution < 1.29 is 9.59 Å². The normalized spacial score (nSPS) is 13.9. The number of rotatable bonds is 6. The second kappa shape index (κ2) is 8.12. The lowest BCUT2D eigenvalue weighted by Gasteiger charge is -2.16. The average Bonchev–Trinajstić information content (AvgIpc) is 3.35. The van der Waals surface area contributed by atoms with Gasteiger partial charge in [0.25, 0.3) is 0 Å². The Morgan fingerprint density at radius 3 is 2.75 bits per heavy atom. The fourth-order valence-electron chi connectivity index (χ4n) is 3.02. The van der Waals surface area contributed by atoms with Crippen molar-refractivity contribution in [1.82, 2.24) is 20.2 Å². The molecule has 9 heteroatoms. The minimum Gasteiger partial charge on any atom is -0.312 e. The van der Waals surface area contributed by atoms with E-state index in [2.05, 4.69) is 15.5 Å². The highest BCUT2D eigenvalue weighted by Gasteiger charge is 2.22. The molecule has 1 fully saturated rings. The Labute approximate surface area is 170 Å². The van der Waals surface area contributed by atoms with Gasteiger partial charge in [0.15, 0.2) is 5.78 Å². The summed E-state index contributed by atoms with van der Waals surface area (Å²) in [6, 6.07) is 14.3. The lowest BCUT2D eigenvalue weighted by molar-refractivity contribution is -0.117. The summed E-state index contributed by atoms with van der Waals surface area (Å²) >= 11 is 7.28. The molecule has 4 rings (SSSR count). The van der Waals surface area contributed by atoms with Crippen LogP contribution < -0.4 is 4.90 Å². The van der Waals surface area contributed by atoms with Crippen LogP contribution in [0, 0.1) is 0 Å². The third-order valence-electron chi connectivity index (χ3n) is 4.38. The molecule has 28 heavy (non-hydrogen) atoms. The Balaban J connectivity index is 1.47. The fourth-order valence-corrected chi connectivity index (χ4v) is 3.99. The summed E-state index contributed by atoms with van der Waals surface area (Å²) in [4.78, 5) is 26.3. The smallest absolute Gasteiger partial charge is 0.227 e. The highest BCUT2D eigenvalue weighted by molar-refractivity contribution is 7.99. The maximum atomic E-state index is 12.7. The number of aromatic nitrogens is 4. The van der Waals surface area contributed by atoms with Crippen LogP contribution in [0.15, 0.2) is 53.7 Å². The standard InChI is InChI=1S/C19H16ClN5O2S/c20-14-5-2-7-16(11-14)25-19(21-22-23-25)28-12-17(26)13-4-1-6-15(10-13)24-9-3-8-18(24)27/h1-2,4-7,10-11H,3,8-9,12H2. The van der Waals surface area contributed by atoms with Crippen LogP contribution in [-0.4, -0.2) is 44.2 Å². The third kappa shape index (κ3) is 3.93. The van der Waals surface area contributed by atoms with Gasteiger partial charge in [0, 0.05) is 29.2 Å². The molecule has 1 aliphatic heterocycles. The van der Waals surface area contributed by atoms with Gasteiger partial charge in [-0.15, -0.1) is 5.10 Å². The molecule has 1 amide bonds. The largest absolute Gasteiger partial charge is 0.312 e. The number of hydrogen-bond donors (Lipinski definition) is 0. The molecule has 0 atom stereocenters. The van der Waals surface area contributed by atoms with E-state index in [9.17, 15) is 9.59 Å². The van der Waals surface area contributed by atoms with Gasteiger partial charge >= 0.3 is 0 Å². The predicted molar refractivity (Wildman–Crippen MR) is 107 cm³/mol. The van der Waals surface area contributed by atoms with Crippen LogP contribution in [0.2, 0.25) is 5.02 Å². The number of carbonyl (C=O) groups excluding carboxylic acids is 2. The lowest BCUT2D eigenvalue weighted by atomic mass is 10.1. The molecule has 2 heterocycles. The molecule has 2 aromatic carbocycles. The summed E-state index contributed by atoms with van der Waals surface area (Å²) < 4.78 is 1.54. The van der Waals surface area contributed by atoms with Crippen molar-refractivity contribution in [3.8, 4) is 5.69 Å². The van der Waals surface area contributed by atoms with E-state index in [1.54, 1.807) is 39.9 Å². The van der Waals surface area contributed by atoms with E-state index < -0.39 is 0 Å². The maximum absolute atomic E-state index is 12.7. The molecule has 0 unspecified atom stereocenters. The van der Waals surface area contributed by atoms with E-state index in [1.165, 1.54) is 11.8 Å². The number of ketones is 1. The number of carbonyl (C=O) groups is 2. The summed E-state index contributed by atoms with van der Waals surface area (Å²) in [5.74, 6) is 0.219. The summed E-state index contributed by atoms with van der Waals surface area (Å²) in [6.07, 6.45) is 1.40. The summed E-state index contributed by atoms with van der Waals surface area (Å²) in [7, 11) is 0. The van der Waals surface area contributed by atoms with E-state index in [1.807, 2.05) is 18.2 Å². The number of amides is 1. The van der Waals surface area contributed by atoms with Crippen LogP contribution in [0.25, 0.3) is 5.69 Å². The number of Topliss-reactive ketones (excluding diaryl/α,β-unsaturated/α-hetero) is 1. The predicted octanol–water partition coefficient (Wildman–Crippen LogP) is 3.42. The Morgan fingerprint density at radius 1 is 1.14 bits per heavy atom. The van der Waals surface area contributed by atoms with Crippen molar-refractivity contribution in [2.75, 3.05) is 17.2 Å². The van der Waals surface area contributed by atoms with Gasteiger partial charge in [0.1, 0.15) is 0 Å². The van der Waals surface area contributed by atoms with Crippen LogP contribution in [0.4, 0.5) is 5.69 Å². The SMILES string of the molecule is O=C(CSc1nnnn1-c1cccc(Cl)c1)c1cccc(N2CCCC2=O)c1. The quantitative estimate of drug-likeness (QED) is 0.455. The summed E-state index contributed by atoms with van der Waals surface area (Å²) in [5.41, 5.74) is 2.05. The van der Waals surface area contributed by atoms with Gasteiger partial charge in [-0.3, -0.25) is 9.59 Å². The Morgan fingerprint density at radius 2 is 1.96 bits per heavy atom. The second-order valence-electron chi connectivity index (χ2n) is 6.26. The van der Waals surface area contributed by atoms with E-state index >= 15 is 0 Å². The molecule has 1 aliphatic rings. The number of tetrazole rings is 1. The number of hydrogen-bond acceptors (Lipinski definition) is 6. The minimum absolute atomic E-state index is 0.0564. The van der Waals surface area contributed by atoms with Crippen LogP contribution in [-0.2, 0) is 4.79 Å². The van der Waals surface area contributed by atoms with Crippen LogP contribution >= 0.6 is 23.4 Å². The molecule has 0 aliphatic carbocycles. The van der Waals surface area contributed by atoms with Crippen molar-refractivity contribution in [3.63, 3.8) is 0 Å². The first-order chi connectivity index (χ1) is 13.6. The molecule has 142 valence electrons. The molecule has 0 bridgehead atoms. The molecular formula is C19H16ClN5O2S. The lowest BCUT2D eigenvalue weighted by Crippen LogP contribution is -2.23. The second-order valence-corrected chi connectivity index (χ2v) is 7.64. The van der Waals surface area contributed by atoms with Gasteiger partial charge < -0.3 is 4.90 Å². The van der Waals surface area contributed by atoms with Crippen molar-refractivity contribution in [1.29, 1.82) is 0 Å². The Kier molecular flexibility index (Phi) is 5.40. The van der Waals surface area contributed by atoms with Gasteiger partial charge in [0.05, 0.1) is 11.4 Å². The van der Waals surface area contributed by atoms with E-state index in [0.29, 0.717) is 28.7 Å². The van der Waals surface area contributed by atoms with Gasteiger partial charge in [0.2, 0.25) is 11.1 Å². The highest BCUT2D eigenvalue weighted by atomic mass is 35.5. The maximum Gasteiger partial charge on any atom is 0.227 e. The number of thioether (sulfide) groups is 1. The number of halogens is 1. The molecule has 0 N–H and O–H groups in total. The van der Waals surface area contributed by atoms with E-state index in [0.717, 1.165) is 17.8 Å². The van der Waals surface area contributed by atoms with Gasteiger partial charge in [-0.1, -0.05) is 41.6 Å². The fraction of sp³-hybridized carbons (Fsp3) is 0.211. The Hall–Kier alpha value is -2.71. The molecule has 0 saturated carbocycles. The van der Waals surface area contributed by atoms with Crippen molar-refractivity contribution >= 4 is 40.7 Å². The topological polar surface area (TPSA) is 81.0 Å². The molecule has 7 nitrogen and oxygen atoms in total. The number of nitrogens with zero attached hydrogens (tertiary/aromatic N) is 5. The average molecular weight is 414 g/mol. The summed E-state index contributed by atoms with van der Waals surface area (Å²) in [6.45, 7) is 0.694. The van der Waals surface area contributed by atoms with E-state index in [4.69, 9.17) is 11.6 Å². The van der Waals surface area contributed by atoms with Crippen LogP contribution in [0.1, 0.15) is 23.2 Å². The first-order valence-corrected chi connectivity index (χ1v) is 10.1. The first kappa shape index (κ1) is 18.6. The molecule has 3 aromatic rings.